The number of ether oxygens (including phenoxy) is 1. The molecule has 9 heteroatoms. The number of nitrogens with zero attached hydrogens (tertiary/aromatic N) is 2. The van der Waals surface area contributed by atoms with Crippen molar-refractivity contribution in [3.8, 4) is 27.3 Å². The highest BCUT2D eigenvalue weighted by Crippen LogP contribution is 2.38. The molecule has 32 heavy (non-hydrogen) atoms. The topological polar surface area (TPSA) is 103 Å². The van der Waals surface area contributed by atoms with Crippen molar-refractivity contribution in [3.63, 3.8) is 0 Å². The van der Waals surface area contributed by atoms with Crippen molar-refractivity contribution >= 4 is 27.3 Å². The van der Waals surface area contributed by atoms with Gasteiger partial charge in [0.25, 0.3) is 5.91 Å². The van der Waals surface area contributed by atoms with Crippen molar-refractivity contribution in [1.29, 1.82) is 0 Å². The number of benzene rings is 2. The number of nitrogens with two attached hydrogens (primary N) is 1. The molecule has 0 radical (unpaired) electrons. The van der Waals surface area contributed by atoms with Gasteiger partial charge >= 0.3 is 0 Å². The number of carbonyl (C=O) groups is 1. The summed E-state index contributed by atoms with van der Waals surface area (Å²) in [5, 5.41) is 5.72. The monoisotopic (exact) mass is 471 g/mol. The van der Waals surface area contributed by atoms with Gasteiger partial charge < -0.3 is 9.64 Å². The molecule has 0 spiro atoms. The number of carbonyl (C=O) groups excluding carboxylic acids is 1. The molecular formula is C23H25N3O4S2. The highest BCUT2D eigenvalue weighted by molar-refractivity contribution is 7.89. The quantitative estimate of drug-likeness (QED) is 0.604. The molecule has 2 aromatic carbocycles. The van der Waals surface area contributed by atoms with E-state index in [0.29, 0.717) is 10.8 Å². The predicted molar refractivity (Wildman–Crippen MR) is 125 cm³/mol. The molecule has 4 rings (SSSR count). The first-order chi connectivity index (χ1) is 15.3. The Morgan fingerprint density at radius 3 is 2.34 bits per heavy atom. The SMILES string of the molecule is COc1ccc(-c2sc(C(=O)N3CCCCC3)nc2C)cc1-c1ccc(S(N)(=O)=O)cc1. The van der Waals surface area contributed by atoms with Crippen molar-refractivity contribution in [3.05, 3.63) is 53.2 Å². The zero-order chi connectivity index (χ0) is 22.9. The molecule has 1 aliphatic heterocycles. The molecule has 1 saturated heterocycles. The summed E-state index contributed by atoms with van der Waals surface area (Å²) in [7, 11) is -2.17. The van der Waals surface area contributed by atoms with Crippen LogP contribution in [0.25, 0.3) is 21.6 Å². The van der Waals surface area contributed by atoms with Crippen LogP contribution >= 0.6 is 11.3 Å². The number of primary sulfonamides is 1. The van der Waals surface area contributed by atoms with Gasteiger partial charge in [0.1, 0.15) is 5.75 Å². The summed E-state index contributed by atoms with van der Waals surface area (Å²) in [6.07, 6.45) is 3.24. The van der Waals surface area contributed by atoms with Gasteiger partial charge in [0.05, 0.1) is 22.6 Å². The normalized spacial score (nSPS) is 14.4. The van der Waals surface area contributed by atoms with E-state index in [4.69, 9.17) is 9.88 Å². The van der Waals surface area contributed by atoms with E-state index in [1.54, 1.807) is 19.2 Å². The molecule has 2 N–H and O–H groups in total. The molecule has 1 aliphatic rings. The van der Waals surface area contributed by atoms with Crippen molar-refractivity contribution < 1.29 is 17.9 Å². The summed E-state index contributed by atoms with van der Waals surface area (Å²) in [5.41, 5.74) is 3.32. The number of aryl methyl sites for hydroxylation is 1. The Morgan fingerprint density at radius 2 is 1.72 bits per heavy atom. The van der Waals surface area contributed by atoms with Gasteiger partial charge in [-0.3, -0.25) is 4.79 Å². The molecule has 168 valence electrons. The zero-order valence-corrected chi connectivity index (χ0v) is 19.6. The summed E-state index contributed by atoms with van der Waals surface area (Å²) in [5.74, 6) is 0.653. The lowest BCUT2D eigenvalue weighted by Gasteiger charge is -2.25. The Bertz CT molecular complexity index is 1240. The second kappa shape index (κ2) is 9.01. The van der Waals surface area contributed by atoms with Gasteiger partial charge in [0, 0.05) is 18.7 Å². The van der Waals surface area contributed by atoms with Crippen LogP contribution in [0.3, 0.4) is 0 Å². The molecule has 1 aromatic heterocycles. The maximum absolute atomic E-state index is 12.9. The Kier molecular flexibility index (Phi) is 6.32. The largest absolute Gasteiger partial charge is 0.496 e. The van der Waals surface area contributed by atoms with Crippen molar-refractivity contribution in [1.82, 2.24) is 9.88 Å². The molecule has 0 saturated carbocycles. The molecular weight excluding hydrogens is 446 g/mol. The fourth-order valence-electron chi connectivity index (χ4n) is 3.89. The number of aromatic nitrogens is 1. The number of rotatable bonds is 5. The maximum atomic E-state index is 12.9. The first kappa shape index (κ1) is 22.4. The van der Waals surface area contributed by atoms with Crippen LogP contribution in [0, 0.1) is 6.92 Å². The minimum absolute atomic E-state index is 0.00336. The predicted octanol–water partition coefficient (Wildman–Crippen LogP) is 4.07. The van der Waals surface area contributed by atoms with Crippen molar-refractivity contribution in [2.24, 2.45) is 5.14 Å². The molecule has 0 aliphatic carbocycles. The summed E-state index contributed by atoms with van der Waals surface area (Å²) in [6, 6.07) is 12.1. The van der Waals surface area contributed by atoms with Crippen LogP contribution in [-0.2, 0) is 10.0 Å². The van der Waals surface area contributed by atoms with Crippen LogP contribution in [0.2, 0.25) is 0 Å². The van der Waals surface area contributed by atoms with Crippen LogP contribution < -0.4 is 9.88 Å². The lowest BCUT2D eigenvalue weighted by atomic mass is 10.0. The van der Waals surface area contributed by atoms with Crippen LogP contribution in [-0.4, -0.2) is 44.4 Å². The molecule has 1 amide bonds. The second-order valence-corrected chi connectivity index (χ2v) is 10.3. The van der Waals surface area contributed by atoms with Crippen LogP contribution in [0.4, 0.5) is 0 Å². The number of sulfonamides is 1. The van der Waals surface area contributed by atoms with Crippen molar-refractivity contribution in [2.75, 3.05) is 20.2 Å². The first-order valence-electron chi connectivity index (χ1n) is 10.4. The lowest BCUT2D eigenvalue weighted by Crippen LogP contribution is -2.35. The fourth-order valence-corrected chi connectivity index (χ4v) is 5.43. The Hall–Kier alpha value is -2.75. The van der Waals surface area contributed by atoms with E-state index in [-0.39, 0.29) is 10.8 Å². The van der Waals surface area contributed by atoms with Crippen LogP contribution in [0.15, 0.2) is 47.4 Å². The minimum atomic E-state index is -3.76. The zero-order valence-electron chi connectivity index (χ0n) is 18.0. The van der Waals surface area contributed by atoms with E-state index in [9.17, 15) is 13.2 Å². The number of thiazole rings is 1. The summed E-state index contributed by atoms with van der Waals surface area (Å²) >= 11 is 1.40. The third-order valence-electron chi connectivity index (χ3n) is 5.58. The summed E-state index contributed by atoms with van der Waals surface area (Å²) in [6.45, 7) is 3.48. The van der Waals surface area contributed by atoms with E-state index in [2.05, 4.69) is 4.98 Å². The van der Waals surface area contributed by atoms with Gasteiger partial charge in [0.2, 0.25) is 10.0 Å². The fraction of sp³-hybridized carbons (Fsp3) is 0.304. The average molecular weight is 472 g/mol. The number of hydrogen-bond donors (Lipinski definition) is 1. The highest BCUT2D eigenvalue weighted by Gasteiger charge is 2.23. The second-order valence-electron chi connectivity index (χ2n) is 7.77. The van der Waals surface area contributed by atoms with E-state index in [1.165, 1.54) is 29.9 Å². The number of likely N-dealkylation sites (tertiary alicyclic amines) is 1. The molecule has 1 fully saturated rings. The van der Waals surface area contributed by atoms with Gasteiger partial charge in [0.15, 0.2) is 5.01 Å². The number of piperidine rings is 1. The van der Waals surface area contributed by atoms with Gasteiger partial charge in [-0.05, 0) is 67.6 Å². The number of methoxy groups -OCH3 is 1. The molecule has 7 nitrogen and oxygen atoms in total. The smallest absolute Gasteiger partial charge is 0.282 e. The van der Waals surface area contributed by atoms with Gasteiger partial charge in [-0.1, -0.05) is 12.1 Å². The average Bonchev–Trinajstić information content (AvgIpc) is 3.19. The maximum Gasteiger partial charge on any atom is 0.282 e. The lowest BCUT2D eigenvalue weighted by molar-refractivity contribution is 0.0723. The standard InChI is InChI=1S/C23H25N3O4S2/c1-15-21(31-22(25-15)23(27)26-12-4-3-5-13-26)17-8-11-20(30-2)19(14-17)16-6-9-18(10-7-16)32(24,28)29/h6-11,14H,3-5,12-13H2,1-2H3,(H2,24,28,29). The van der Waals surface area contributed by atoms with Gasteiger partial charge in [-0.2, -0.15) is 0 Å². The van der Waals surface area contributed by atoms with Crippen molar-refractivity contribution in [2.45, 2.75) is 31.1 Å². The van der Waals surface area contributed by atoms with Crippen LogP contribution in [0.5, 0.6) is 5.75 Å². The molecule has 3 aromatic rings. The molecule has 2 heterocycles. The highest BCUT2D eigenvalue weighted by atomic mass is 32.2. The van der Waals surface area contributed by atoms with E-state index < -0.39 is 10.0 Å². The van der Waals surface area contributed by atoms with E-state index in [0.717, 1.165) is 53.2 Å². The molecule has 0 bridgehead atoms. The van der Waals surface area contributed by atoms with Gasteiger partial charge in [-0.15, -0.1) is 11.3 Å². The number of hydrogen-bond acceptors (Lipinski definition) is 6. The summed E-state index contributed by atoms with van der Waals surface area (Å²) < 4.78 is 28.7. The Balaban J connectivity index is 1.70. The summed E-state index contributed by atoms with van der Waals surface area (Å²) in [4.78, 5) is 20.3. The van der Waals surface area contributed by atoms with E-state index in [1.807, 2.05) is 30.0 Å². The molecule has 0 unspecified atom stereocenters. The first-order valence-corrected chi connectivity index (χ1v) is 12.7. The minimum Gasteiger partial charge on any atom is -0.496 e. The third-order valence-corrected chi connectivity index (χ3v) is 7.70. The van der Waals surface area contributed by atoms with E-state index >= 15 is 0 Å². The number of amides is 1. The van der Waals surface area contributed by atoms with Crippen LogP contribution in [0.1, 0.15) is 34.8 Å². The third kappa shape index (κ3) is 4.55. The molecule has 0 atom stereocenters. The Morgan fingerprint density at radius 1 is 1.06 bits per heavy atom. The Labute approximate surface area is 191 Å². The van der Waals surface area contributed by atoms with Gasteiger partial charge in [-0.25, -0.2) is 18.5 Å².